The number of hydrogen-bond acceptors (Lipinski definition) is 4. The fourth-order valence-electron chi connectivity index (χ4n) is 1.92. The van der Waals surface area contributed by atoms with Crippen LogP contribution < -0.4 is 4.74 Å². The average molecular weight is 256 g/mol. The van der Waals surface area contributed by atoms with E-state index >= 15 is 0 Å². The molecule has 1 N–H and O–H groups in total. The van der Waals surface area contributed by atoms with Gasteiger partial charge in [-0.05, 0) is 24.1 Å². The van der Waals surface area contributed by atoms with Gasteiger partial charge in [0.1, 0.15) is 18.0 Å². The lowest BCUT2D eigenvalue weighted by atomic mass is 10.1. The van der Waals surface area contributed by atoms with Crippen molar-refractivity contribution in [1.82, 2.24) is 0 Å². The lowest BCUT2D eigenvalue weighted by molar-refractivity contribution is 0.0737. The number of benzene rings is 1. The van der Waals surface area contributed by atoms with Gasteiger partial charge in [0.05, 0.1) is 11.5 Å². The first kappa shape index (κ1) is 12.4. The zero-order valence-corrected chi connectivity index (χ0v) is 10.5. The zero-order chi connectivity index (χ0) is 12.5. The van der Waals surface area contributed by atoms with E-state index in [9.17, 15) is 13.5 Å². The number of aryl methyl sites for hydroxylation is 1. The third-order valence-corrected chi connectivity index (χ3v) is 4.55. The van der Waals surface area contributed by atoms with Gasteiger partial charge in [0.2, 0.25) is 0 Å². The van der Waals surface area contributed by atoms with E-state index in [1.165, 1.54) is 0 Å². The molecule has 0 aromatic heterocycles. The summed E-state index contributed by atoms with van der Waals surface area (Å²) in [5.74, 6) is 0.306. The summed E-state index contributed by atoms with van der Waals surface area (Å²) in [6.07, 6.45) is -0.680. The molecule has 1 saturated heterocycles. The molecule has 0 radical (unpaired) electrons. The quantitative estimate of drug-likeness (QED) is 0.868. The Labute approximate surface area is 101 Å². The van der Waals surface area contributed by atoms with Crippen LogP contribution in [0.2, 0.25) is 0 Å². The highest BCUT2D eigenvalue weighted by Gasteiger charge is 2.38. The SMILES string of the molecule is CCc1cccc(OC2CS(=O)(=O)CC2O)c1. The van der Waals surface area contributed by atoms with Crippen LogP contribution in [0.1, 0.15) is 12.5 Å². The van der Waals surface area contributed by atoms with E-state index in [0.29, 0.717) is 5.75 Å². The zero-order valence-electron chi connectivity index (χ0n) is 9.67. The summed E-state index contributed by atoms with van der Waals surface area (Å²) in [6.45, 7) is 2.04. The second-order valence-electron chi connectivity index (χ2n) is 4.30. The first-order valence-electron chi connectivity index (χ1n) is 5.64. The number of rotatable bonds is 3. The van der Waals surface area contributed by atoms with Gasteiger partial charge in [0, 0.05) is 0 Å². The van der Waals surface area contributed by atoms with Gasteiger partial charge >= 0.3 is 0 Å². The fraction of sp³-hybridized carbons (Fsp3) is 0.500. The van der Waals surface area contributed by atoms with Crippen LogP contribution in [-0.2, 0) is 16.3 Å². The molecule has 1 heterocycles. The molecule has 0 aliphatic carbocycles. The molecule has 1 aromatic rings. The van der Waals surface area contributed by atoms with E-state index in [1.54, 1.807) is 6.07 Å². The molecular weight excluding hydrogens is 240 g/mol. The number of sulfone groups is 1. The molecular formula is C12H16O4S. The molecule has 2 unspecified atom stereocenters. The number of ether oxygens (including phenoxy) is 1. The lowest BCUT2D eigenvalue weighted by Crippen LogP contribution is -2.29. The standard InChI is InChI=1S/C12H16O4S/c1-2-9-4-3-5-10(6-9)16-12-8-17(14,15)7-11(12)13/h3-6,11-13H,2,7-8H2,1H3. The highest BCUT2D eigenvalue weighted by Crippen LogP contribution is 2.21. The minimum atomic E-state index is -3.16. The van der Waals surface area contributed by atoms with Crippen molar-refractivity contribution in [3.8, 4) is 5.75 Å². The molecule has 5 heteroatoms. The Morgan fingerprint density at radius 3 is 2.76 bits per heavy atom. The molecule has 0 bridgehead atoms. The maximum atomic E-state index is 11.3. The predicted octanol–water partition coefficient (Wildman–Crippen LogP) is 0.786. The van der Waals surface area contributed by atoms with Crippen molar-refractivity contribution < 1.29 is 18.3 Å². The minimum absolute atomic E-state index is 0.107. The Bertz CT molecular complexity index is 495. The largest absolute Gasteiger partial charge is 0.487 e. The number of hydrogen-bond donors (Lipinski definition) is 1. The Hall–Kier alpha value is -1.07. The van der Waals surface area contributed by atoms with Crippen LogP contribution in [0.5, 0.6) is 5.75 Å². The Balaban J connectivity index is 2.11. The van der Waals surface area contributed by atoms with Crippen molar-refractivity contribution >= 4 is 9.84 Å². The third-order valence-electron chi connectivity index (χ3n) is 2.87. The normalized spacial score (nSPS) is 26.9. The van der Waals surface area contributed by atoms with Crippen LogP contribution in [0.3, 0.4) is 0 Å². The van der Waals surface area contributed by atoms with Crippen molar-refractivity contribution in [3.63, 3.8) is 0 Å². The second-order valence-corrected chi connectivity index (χ2v) is 6.46. The maximum Gasteiger partial charge on any atom is 0.156 e. The van der Waals surface area contributed by atoms with Crippen molar-refractivity contribution in [1.29, 1.82) is 0 Å². The first-order valence-corrected chi connectivity index (χ1v) is 7.46. The van der Waals surface area contributed by atoms with Crippen molar-refractivity contribution in [2.24, 2.45) is 0 Å². The molecule has 94 valence electrons. The minimum Gasteiger partial charge on any atom is -0.487 e. The van der Waals surface area contributed by atoms with E-state index in [-0.39, 0.29) is 11.5 Å². The van der Waals surface area contributed by atoms with Crippen LogP contribution in [0.15, 0.2) is 24.3 Å². The second kappa shape index (κ2) is 4.66. The Morgan fingerprint density at radius 2 is 2.18 bits per heavy atom. The monoisotopic (exact) mass is 256 g/mol. The molecule has 2 rings (SSSR count). The number of aliphatic hydroxyl groups is 1. The summed E-state index contributed by atoms with van der Waals surface area (Å²) in [5.41, 5.74) is 1.12. The van der Waals surface area contributed by atoms with Crippen LogP contribution in [0.25, 0.3) is 0 Å². The van der Waals surface area contributed by atoms with Gasteiger partial charge in [-0.2, -0.15) is 0 Å². The number of aliphatic hydroxyl groups excluding tert-OH is 1. The molecule has 4 nitrogen and oxygen atoms in total. The third kappa shape index (κ3) is 2.98. The molecule has 0 saturated carbocycles. The highest BCUT2D eigenvalue weighted by atomic mass is 32.2. The van der Waals surface area contributed by atoms with Crippen LogP contribution in [0.4, 0.5) is 0 Å². The van der Waals surface area contributed by atoms with E-state index in [2.05, 4.69) is 0 Å². The average Bonchev–Trinajstić information content (AvgIpc) is 2.52. The van der Waals surface area contributed by atoms with Gasteiger partial charge in [-0.1, -0.05) is 19.1 Å². The van der Waals surface area contributed by atoms with Crippen molar-refractivity contribution in [2.45, 2.75) is 25.6 Å². The summed E-state index contributed by atoms with van der Waals surface area (Å²) in [5, 5.41) is 9.61. The molecule has 1 aliphatic heterocycles. The van der Waals surface area contributed by atoms with Gasteiger partial charge in [0.25, 0.3) is 0 Å². The van der Waals surface area contributed by atoms with Crippen LogP contribution in [-0.4, -0.2) is 37.2 Å². The summed E-state index contributed by atoms with van der Waals surface area (Å²) < 4.78 is 28.2. The molecule has 1 aliphatic rings. The lowest BCUT2D eigenvalue weighted by Gasteiger charge is -2.16. The Morgan fingerprint density at radius 1 is 1.41 bits per heavy atom. The fourth-order valence-corrected chi connectivity index (χ4v) is 3.58. The molecule has 1 fully saturated rings. The van der Waals surface area contributed by atoms with Gasteiger partial charge < -0.3 is 9.84 Å². The summed E-state index contributed by atoms with van der Waals surface area (Å²) >= 11 is 0. The van der Waals surface area contributed by atoms with E-state index in [1.807, 2.05) is 25.1 Å². The van der Waals surface area contributed by atoms with Crippen LogP contribution >= 0.6 is 0 Å². The van der Waals surface area contributed by atoms with Gasteiger partial charge in [0.15, 0.2) is 9.84 Å². The molecule has 1 aromatic carbocycles. The van der Waals surface area contributed by atoms with E-state index in [0.717, 1.165) is 12.0 Å². The summed E-state index contributed by atoms with van der Waals surface area (Å²) in [6, 6.07) is 7.49. The van der Waals surface area contributed by atoms with Crippen molar-refractivity contribution in [3.05, 3.63) is 29.8 Å². The molecule has 0 spiro atoms. The molecule has 2 atom stereocenters. The van der Waals surface area contributed by atoms with Crippen LogP contribution in [0, 0.1) is 0 Å². The summed E-state index contributed by atoms with van der Waals surface area (Å²) in [4.78, 5) is 0. The molecule has 17 heavy (non-hydrogen) atoms. The van der Waals surface area contributed by atoms with Gasteiger partial charge in [-0.25, -0.2) is 8.42 Å². The summed E-state index contributed by atoms with van der Waals surface area (Å²) in [7, 11) is -3.16. The smallest absolute Gasteiger partial charge is 0.156 e. The topological polar surface area (TPSA) is 63.6 Å². The van der Waals surface area contributed by atoms with Gasteiger partial charge in [-0.3, -0.25) is 0 Å². The molecule has 0 amide bonds. The van der Waals surface area contributed by atoms with Crippen molar-refractivity contribution in [2.75, 3.05) is 11.5 Å². The first-order chi connectivity index (χ1) is 8.00. The Kier molecular flexibility index (Phi) is 3.40. The maximum absolute atomic E-state index is 11.3. The van der Waals surface area contributed by atoms with E-state index < -0.39 is 22.0 Å². The van der Waals surface area contributed by atoms with Gasteiger partial charge in [-0.15, -0.1) is 0 Å². The highest BCUT2D eigenvalue weighted by molar-refractivity contribution is 7.91. The predicted molar refractivity (Wildman–Crippen MR) is 64.9 cm³/mol. The van der Waals surface area contributed by atoms with E-state index in [4.69, 9.17) is 4.74 Å².